The van der Waals surface area contributed by atoms with E-state index in [0.29, 0.717) is 6.04 Å². The minimum atomic E-state index is 0.578. The quantitative estimate of drug-likeness (QED) is 0.713. The maximum Gasteiger partial charge on any atom is 0.0646 e. The average Bonchev–Trinajstić information content (AvgIpc) is 2.88. The van der Waals surface area contributed by atoms with Crippen LogP contribution < -0.4 is 5.32 Å². The Morgan fingerprint density at radius 1 is 1.36 bits per heavy atom. The van der Waals surface area contributed by atoms with Crippen LogP contribution in [-0.2, 0) is 6.54 Å². The van der Waals surface area contributed by atoms with Crippen LogP contribution in [-0.4, -0.2) is 12.8 Å². The molecule has 0 amide bonds. The first kappa shape index (κ1) is 8.18. The number of nitrogens with one attached hydrogen (secondary N) is 1. The summed E-state index contributed by atoms with van der Waals surface area (Å²) in [4.78, 5) is 4.27. The normalized spacial score (nSPS) is 24.1. The fourth-order valence-corrected chi connectivity index (χ4v) is 2.31. The summed E-state index contributed by atoms with van der Waals surface area (Å²) < 4.78 is 0. The molecular formula is C12H14N2. The van der Waals surface area contributed by atoms with E-state index in [4.69, 9.17) is 0 Å². The molecule has 0 bridgehead atoms. The van der Waals surface area contributed by atoms with Crippen LogP contribution in [0, 0.1) is 0 Å². The minimum absolute atomic E-state index is 0.578. The summed E-state index contributed by atoms with van der Waals surface area (Å²) in [6.07, 6.45) is 4.57. The minimum Gasteiger partial charge on any atom is -0.310 e. The topological polar surface area (TPSA) is 24.4 Å². The molecule has 2 heterocycles. The first-order valence-electron chi connectivity index (χ1n) is 5.29. The summed E-state index contributed by atoms with van der Waals surface area (Å²) in [5.74, 6) is 0. The van der Waals surface area contributed by atoms with Crippen LogP contribution >= 0.6 is 0 Å². The second-order valence-corrected chi connectivity index (χ2v) is 4.08. The van der Waals surface area contributed by atoms with E-state index < -0.39 is 0 Å². The number of hydrogen-bond donors (Lipinski definition) is 1. The standard InChI is InChI=1S/C12H14N2/c1-2-12(14-5-1)9-3-4-10-7-13-8-11(10)6-9/h3-4,6,8,12,14H,1-2,5,7H2. The Balaban J connectivity index is 1.95. The van der Waals surface area contributed by atoms with Crippen molar-refractivity contribution in [3.8, 4) is 0 Å². The molecule has 1 saturated heterocycles. The van der Waals surface area contributed by atoms with E-state index in [1.54, 1.807) is 0 Å². The Bertz CT molecular complexity index is 376. The van der Waals surface area contributed by atoms with Gasteiger partial charge in [-0.25, -0.2) is 0 Å². The first-order chi connectivity index (χ1) is 6.93. The summed E-state index contributed by atoms with van der Waals surface area (Å²) in [5.41, 5.74) is 4.11. The largest absolute Gasteiger partial charge is 0.310 e. The predicted octanol–water partition coefficient (Wildman–Crippen LogP) is 2.04. The van der Waals surface area contributed by atoms with Crippen molar-refractivity contribution >= 4 is 6.21 Å². The highest BCUT2D eigenvalue weighted by atomic mass is 14.9. The van der Waals surface area contributed by atoms with Gasteiger partial charge in [0, 0.05) is 12.3 Å². The van der Waals surface area contributed by atoms with E-state index in [2.05, 4.69) is 28.5 Å². The molecule has 2 aliphatic rings. The zero-order valence-electron chi connectivity index (χ0n) is 8.16. The molecule has 0 spiro atoms. The van der Waals surface area contributed by atoms with Crippen molar-refractivity contribution in [2.45, 2.75) is 25.4 Å². The van der Waals surface area contributed by atoms with Gasteiger partial charge >= 0.3 is 0 Å². The number of nitrogens with zero attached hydrogens (tertiary/aromatic N) is 1. The third-order valence-electron chi connectivity index (χ3n) is 3.12. The van der Waals surface area contributed by atoms with Crippen molar-refractivity contribution in [1.29, 1.82) is 0 Å². The molecule has 14 heavy (non-hydrogen) atoms. The molecule has 1 aromatic carbocycles. The number of aliphatic imine (C=N–C) groups is 1. The molecule has 2 aliphatic heterocycles. The molecule has 0 aromatic heterocycles. The van der Waals surface area contributed by atoms with Crippen molar-refractivity contribution < 1.29 is 0 Å². The summed E-state index contributed by atoms with van der Waals surface area (Å²) in [5, 5.41) is 3.52. The lowest BCUT2D eigenvalue weighted by atomic mass is 10.0. The number of rotatable bonds is 1. The smallest absolute Gasteiger partial charge is 0.0646 e. The molecule has 1 fully saturated rings. The summed E-state index contributed by atoms with van der Waals surface area (Å²) in [6.45, 7) is 2.03. The second kappa shape index (κ2) is 3.21. The van der Waals surface area contributed by atoms with Gasteiger partial charge in [-0.3, -0.25) is 4.99 Å². The molecule has 0 aliphatic carbocycles. The van der Waals surface area contributed by atoms with Crippen molar-refractivity contribution in [1.82, 2.24) is 5.32 Å². The van der Waals surface area contributed by atoms with Crippen molar-refractivity contribution in [2.75, 3.05) is 6.54 Å². The lowest BCUT2D eigenvalue weighted by molar-refractivity contribution is 0.647. The van der Waals surface area contributed by atoms with Gasteiger partial charge < -0.3 is 5.32 Å². The molecule has 2 nitrogen and oxygen atoms in total. The van der Waals surface area contributed by atoms with Gasteiger partial charge in [0.1, 0.15) is 0 Å². The molecular weight excluding hydrogens is 172 g/mol. The van der Waals surface area contributed by atoms with Gasteiger partial charge in [0.05, 0.1) is 6.54 Å². The zero-order valence-corrected chi connectivity index (χ0v) is 8.16. The Morgan fingerprint density at radius 2 is 2.36 bits per heavy atom. The molecule has 1 atom stereocenters. The fourth-order valence-electron chi connectivity index (χ4n) is 2.31. The molecule has 1 unspecified atom stereocenters. The van der Waals surface area contributed by atoms with Gasteiger partial charge in [0.25, 0.3) is 0 Å². The van der Waals surface area contributed by atoms with Crippen molar-refractivity contribution in [3.63, 3.8) is 0 Å². The van der Waals surface area contributed by atoms with Gasteiger partial charge in [-0.15, -0.1) is 0 Å². The number of benzene rings is 1. The van der Waals surface area contributed by atoms with Crippen LogP contribution in [0.15, 0.2) is 23.2 Å². The van der Waals surface area contributed by atoms with Crippen LogP contribution in [0.4, 0.5) is 0 Å². The summed E-state index contributed by atoms with van der Waals surface area (Å²) >= 11 is 0. The summed E-state index contributed by atoms with van der Waals surface area (Å²) in [6, 6.07) is 7.33. The zero-order chi connectivity index (χ0) is 9.38. The first-order valence-corrected chi connectivity index (χ1v) is 5.29. The fraction of sp³-hybridized carbons (Fsp3) is 0.417. The van der Waals surface area contributed by atoms with E-state index in [9.17, 15) is 0 Å². The highest BCUT2D eigenvalue weighted by molar-refractivity contribution is 5.84. The van der Waals surface area contributed by atoms with Crippen LogP contribution in [0.2, 0.25) is 0 Å². The Kier molecular flexibility index (Phi) is 1.88. The van der Waals surface area contributed by atoms with E-state index in [-0.39, 0.29) is 0 Å². The molecule has 3 rings (SSSR count). The molecule has 1 N–H and O–H groups in total. The lowest BCUT2D eigenvalue weighted by Crippen LogP contribution is -2.13. The molecule has 72 valence electrons. The van der Waals surface area contributed by atoms with Crippen molar-refractivity contribution in [2.24, 2.45) is 4.99 Å². The average molecular weight is 186 g/mol. The highest BCUT2D eigenvalue weighted by Crippen LogP contribution is 2.26. The van der Waals surface area contributed by atoms with Gasteiger partial charge in [-0.2, -0.15) is 0 Å². The van der Waals surface area contributed by atoms with E-state index in [1.165, 1.54) is 29.5 Å². The van der Waals surface area contributed by atoms with Crippen LogP contribution in [0.1, 0.15) is 35.6 Å². The molecule has 0 saturated carbocycles. The highest BCUT2D eigenvalue weighted by Gasteiger charge is 2.17. The van der Waals surface area contributed by atoms with Gasteiger partial charge in [0.15, 0.2) is 0 Å². The van der Waals surface area contributed by atoms with Gasteiger partial charge in [-0.05, 0) is 42.1 Å². The van der Waals surface area contributed by atoms with Crippen LogP contribution in [0.3, 0.4) is 0 Å². The number of fused-ring (bicyclic) bond motifs is 1. The van der Waals surface area contributed by atoms with E-state index in [1.807, 2.05) is 6.21 Å². The third-order valence-corrected chi connectivity index (χ3v) is 3.12. The van der Waals surface area contributed by atoms with E-state index >= 15 is 0 Å². The van der Waals surface area contributed by atoms with Crippen LogP contribution in [0.5, 0.6) is 0 Å². The van der Waals surface area contributed by atoms with E-state index in [0.717, 1.165) is 13.1 Å². The van der Waals surface area contributed by atoms with Crippen molar-refractivity contribution in [3.05, 3.63) is 34.9 Å². The lowest BCUT2D eigenvalue weighted by Gasteiger charge is -2.11. The SMILES string of the molecule is C1=NCc2ccc(C3CCCN3)cc21. The maximum absolute atomic E-state index is 4.27. The summed E-state index contributed by atoms with van der Waals surface area (Å²) in [7, 11) is 0. The Morgan fingerprint density at radius 3 is 3.21 bits per heavy atom. The third kappa shape index (κ3) is 1.26. The van der Waals surface area contributed by atoms with Gasteiger partial charge in [-0.1, -0.05) is 12.1 Å². The Hall–Kier alpha value is -1.15. The maximum atomic E-state index is 4.27. The monoisotopic (exact) mass is 186 g/mol. The molecule has 2 heteroatoms. The van der Waals surface area contributed by atoms with Gasteiger partial charge in [0.2, 0.25) is 0 Å². The van der Waals surface area contributed by atoms with Crippen LogP contribution in [0.25, 0.3) is 0 Å². The second-order valence-electron chi connectivity index (χ2n) is 4.08. The molecule has 0 radical (unpaired) electrons. The Labute approximate surface area is 84.1 Å². The molecule has 1 aromatic rings. The predicted molar refractivity (Wildman–Crippen MR) is 57.7 cm³/mol. The number of hydrogen-bond acceptors (Lipinski definition) is 2.